The fraction of sp³-hybridized carbons (Fsp3) is 0.333. The van der Waals surface area contributed by atoms with Gasteiger partial charge in [0.1, 0.15) is 11.3 Å². The first-order valence-corrected chi connectivity index (χ1v) is 4.43. The van der Waals surface area contributed by atoms with Crippen LogP contribution in [0.1, 0.15) is 24.4 Å². The van der Waals surface area contributed by atoms with Gasteiger partial charge in [0, 0.05) is 6.20 Å². The zero-order valence-electron chi connectivity index (χ0n) is 8.11. The Kier molecular flexibility index (Phi) is 1.89. The lowest BCUT2D eigenvalue weighted by molar-refractivity contribution is 0.688. The fourth-order valence-electron chi connectivity index (χ4n) is 1.40. The number of nitrogens with zero attached hydrogens (tertiary/aromatic N) is 2. The van der Waals surface area contributed by atoms with E-state index in [2.05, 4.69) is 10.1 Å². The molecule has 0 saturated heterocycles. The van der Waals surface area contributed by atoms with Gasteiger partial charge in [0.15, 0.2) is 0 Å². The van der Waals surface area contributed by atoms with E-state index < -0.39 is 0 Å². The highest BCUT2D eigenvalue weighted by atomic mass is 16.1. The molecule has 0 aliphatic carbocycles. The molecule has 5 heteroatoms. The van der Waals surface area contributed by atoms with E-state index in [9.17, 15) is 4.79 Å². The first-order chi connectivity index (χ1) is 6.59. The molecular formula is C9H12N4O. The van der Waals surface area contributed by atoms with Crippen molar-refractivity contribution in [2.75, 3.05) is 0 Å². The second-order valence-electron chi connectivity index (χ2n) is 3.42. The predicted octanol–water partition coefficient (Wildman–Crippen LogP) is 0.351. The smallest absolute Gasteiger partial charge is 0.275 e. The molecule has 0 unspecified atom stereocenters. The van der Waals surface area contributed by atoms with E-state index >= 15 is 0 Å². The summed E-state index contributed by atoms with van der Waals surface area (Å²) in [6.45, 7) is 3.65. The van der Waals surface area contributed by atoms with E-state index in [0.717, 1.165) is 5.56 Å². The van der Waals surface area contributed by atoms with Crippen LogP contribution in [0.5, 0.6) is 0 Å². The van der Waals surface area contributed by atoms with Gasteiger partial charge in [-0.25, -0.2) is 4.52 Å². The first-order valence-electron chi connectivity index (χ1n) is 4.43. The van der Waals surface area contributed by atoms with Gasteiger partial charge in [-0.3, -0.25) is 4.79 Å². The third kappa shape index (κ3) is 1.22. The van der Waals surface area contributed by atoms with E-state index in [-0.39, 0.29) is 11.6 Å². The molecule has 0 radical (unpaired) electrons. The minimum atomic E-state index is -0.269. The number of fused-ring (bicyclic) bond motifs is 1. The van der Waals surface area contributed by atoms with Crippen molar-refractivity contribution in [2.45, 2.75) is 19.9 Å². The van der Waals surface area contributed by atoms with Crippen LogP contribution in [0.2, 0.25) is 0 Å². The monoisotopic (exact) mass is 192 g/mol. The maximum atomic E-state index is 11.6. The maximum Gasteiger partial charge on any atom is 0.275 e. The van der Waals surface area contributed by atoms with Crippen molar-refractivity contribution in [3.8, 4) is 0 Å². The zero-order chi connectivity index (χ0) is 10.3. The molecule has 2 aromatic heterocycles. The zero-order valence-corrected chi connectivity index (χ0v) is 8.11. The number of aryl methyl sites for hydroxylation is 1. The summed E-state index contributed by atoms with van der Waals surface area (Å²) < 4.78 is 1.56. The van der Waals surface area contributed by atoms with E-state index in [1.165, 1.54) is 0 Å². The minimum absolute atomic E-state index is 0.144. The van der Waals surface area contributed by atoms with E-state index in [0.29, 0.717) is 11.3 Å². The summed E-state index contributed by atoms with van der Waals surface area (Å²) in [5, 5.41) is 4.19. The quantitative estimate of drug-likeness (QED) is 0.684. The molecular weight excluding hydrogens is 180 g/mol. The summed E-state index contributed by atoms with van der Waals surface area (Å²) in [5.41, 5.74) is 6.98. The van der Waals surface area contributed by atoms with E-state index in [1.54, 1.807) is 17.6 Å². The number of nitrogens with one attached hydrogen (secondary N) is 1. The third-order valence-corrected chi connectivity index (χ3v) is 2.17. The van der Waals surface area contributed by atoms with Crippen LogP contribution in [0, 0.1) is 6.92 Å². The van der Waals surface area contributed by atoms with Crippen molar-refractivity contribution >= 4 is 5.52 Å². The van der Waals surface area contributed by atoms with E-state index in [4.69, 9.17) is 5.73 Å². The Morgan fingerprint density at radius 3 is 3.00 bits per heavy atom. The molecule has 0 amide bonds. The average Bonchev–Trinajstić information content (AvgIpc) is 2.48. The first kappa shape index (κ1) is 8.96. The summed E-state index contributed by atoms with van der Waals surface area (Å²) in [6.07, 6.45) is 1.76. The molecule has 0 bridgehead atoms. The van der Waals surface area contributed by atoms with Gasteiger partial charge in [0.2, 0.25) is 0 Å². The van der Waals surface area contributed by atoms with Crippen LogP contribution in [-0.2, 0) is 0 Å². The van der Waals surface area contributed by atoms with Crippen molar-refractivity contribution in [3.63, 3.8) is 0 Å². The van der Waals surface area contributed by atoms with Gasteiger partial charge in [0.05, 0.1) is 6.04 Å². The molecule has 0 saturated carbocycles. The number of hydrogen-bond donors (Lipinski definition) is 2. The number of aromatic amines is 1. The van der Waals surface area contributed by atoms with Gasteiger partial charge >= 0.3 is 0 Å². The standard InChI is InChI=1S/C9H12N4O/c1-5-3-4-13-7(5)9(14)11-8(12-13)6(2)10/h3-4,6H,10H2,1-2H3,(H,11,12,14)/t6-/m0/s1. The van der Waals surface area contributed by atoms with Gasteiger partial charge in [-0.2, -0.15) is 5.10 Å². The molecule has 3 N–H and O–H groups in total. The minimum Gasteiger partial charge on any atom is -0.322 e. The lowest BCUT2D eigenvalue weighted by atomic mass is 10.3. The highest BCUT2D eigenvalue weighted by Gasteiger charge is 2.08. The number of nitrogens with two attached hydrogens (primary N) is 1. The Labute approximate surface area is 80.6 Å². The molecule has 14 heavy (non-hydrogen) atoms. The lowest BCUT2D eigenvalue weighted by Crippen LogP contribution is -2.20. The molecule has 0 aliphatic rings. The van der Waals surface area contributed by atoms with E-state index in [1.807, 2.05) is 13.0 Å². The van der Waals surface area contributed by atoms with Crippen LogP contribution in [0.15, 0.2) is 17.1 Å². The van der Waals surface area contributed by atoms with Crippen molar-refractivity contribution in [2.24, 2.45) is 5.73 Å². The lowest BCUT2D eigenvalue weighted by Gasteiger charge is -2.04. The maximum absolute atomic E-state index is 11.6. The number of H-pyrrole nitrogens is 1. The molecule has 74 valence electrons. The average molecular weight is 192 g/mol. The normalized spacial score (nSPS) is 13.4. The number of aromatic nitrogens is 3. The summed E-state index contributed by atoms with van der Waals surface area (Å²) >= 11 is 0. The molecule has 2 rings (SSSR count). The molecule has 5 nitrogen and oxygen atoms in total. The Morgan fingerprint density at radius 2 is 2.36 bits per heavy atom. The summed E-state index contributed by atoms with van der Waals surface area (Å²) in [6, 6.07) is 1.58. The molecule has 0 fully saturated rings. The Balaban J connectivity index is 2.81. The Hall–Kier alpha value is -1.62. The van der Waals surface area contributed by atoms with Gasteiger partial charge in [-0.05, 0) is 25.5 Å². The van der Waals surface area contributed by atoms with Gasteiger partial charge in [-0.1, -0.05) is 0 Å². The van der Waals surface area contributed by atoms with Crippen LogP contribution in [0.25, 0.3) is 5.52 Å². The van der Waals surface area contributed by atoms with Crippen molar-refractivity contribution in [1.82, 2.24) is 14.6 Å². The molecule has 0 spiro atoms. The van der Waals surface area contributed by atoms with Crippen molar-refractivity contribution < 1.29 is 0 Å². The van der Waals surface area contributed by atoms with Crippen molar-refractivity contribution in [1.29, 1.82) is 0 Å². The molecule has 1 atom stereocenters. The number of hydrogen-bond acceptors (Lipinski definition) is 3. The van der Waals surface area contributed by atoms with Crippen LogP contribution >= 0.6 is 0 Å². The van der Waals surface area contributed by atoms with Gasteiger partial charge in [-0.15, -0.1) is 0 Å². The predicted molar refractivity (Wildman–Crippen MR) is 53.2 cm³/mol. The topological polar surface area (TPSA) is 76.2 Å². The van der Waals surface area contributed by atoms with Crippen LogP contribution in [0.3, 0.4) is 0 Å². The van der Waals surface area contributed by atoms with Crippen LogP contribution in [-0.4, -0.2) is 14.6 Å². The second kappa shape index (κ2) is 2.95. The molecule has 2 aromatic rings. The summed E-state index contributed by atoms with van der Waals surface area (Å²) in [4.78, 5) is 14.3. The second-order valence-corrected chi connectivity index (χ2v) is 3.42. The van der Waals surface area contributed by atoms with Crippen LogP contribution < -0.4 is 11.3 Å². The Morgan fingerprint density at radius 1 is 1.64 bits per heavy atom. The number of rotatable bonds is 1. The molecule has 2 heterocycles. The van der Waals surface area contributed by atoms with Gasteiger partial charge < -0.3 is 10.7 Å². The molecule has 0 aliphatic heterocycles. The summed E-state index contributed by atoms with van der Waals surface area (Å²) in [7, 11) is 0. The largest absolute Gasteiger partial charge is 0.322 e. The van der Waals surface area contributed by atoms with Gasteiger partial charge in [0.25, 0.3) is 5.56 Å². The highest BCUT2D eigenvalue weighted by molar-refractivity contribution is 5.51. The van der Waals surface area contributed by atoms with Crippen LogP contribution in [0.4, 0.5) is 0 Å². The SMILES string of the molecule is Cc1ccn2nc([C@H](C)N)[nH]c(=O)c12. The van der Waals surface area contributed by atoms with Crippen molar-refractivity contribution in [3.05, 3.63) is 34.0 Å². The Bertz CT molecular complexity index is 523. The summed E-state index contributed by atoms with van der Waals surface area (Å²) in [5.74, 6) is 0.498. The highest BCUT2D eigenvalue weighted by Crippen LogP contribution is 2.06. The molecule has 0 aromatic carbocycles. The fourth-order valence-corrected chi connectivity index (χ4v) is 1.40. The third-order valence-electron chi connectivity index (χ3n) is 2.17.